The molecule has 1 aromatic carbocycles. The Morgan fingerprint density at radius 3 is 2.65 bits per heavy atom. The summed E-state index contributed by atoms with van der Waals surface area (Å²) in [6.07, 6.45) is 0. The molecule has 0 aromatic heterocycles. The van der Waals surface area contributed by atoms with Gasteiger partial charge in [0.1, 0.15) is 0 Å². The Hall–Kier alpha value is -2.30. The number of likely N-dealkylation sites (N-methyl/N-ethyl adjacent to an activating group) is 1. The summed E-state index contributed by atoms with van der Waals surface area (Å²) < 4.78 is 0. The summed E-state index contributed by atoms with van der Waals surface area (Å²) in [6, 6.07) is 6.33. The highest BCUT2D eigenvalue weighted by atomic mass is 16.4. The maximum atomic E-state index is 12.0. The van der Waals surface area contributed by atoms with Crippen LogP contribution in [0.3, 0.4) is 0 Å². The molecule has 0 atom stereocenters. The van der Waals surface area contributed by atoms with E-state index in [2.05, 4.69) is 11.9 Å². The lowest BCUT2D eigenvalue weighted by Gasteiger charge is -2.21. The van der Waals surface area contributed by atoms with E-state index in [-0.39, 0.29) is 11.6 Å². The van der Waals surface area contributed by atoms with Crippen LogP contribution >= 0.6 is 0 Å². The van der Waals surface area contributed by atoms with Crippen molar-refractivity contribution in [3.8, 4) is 0 Å². The molecule has 0 aliphatic heterocycles. The molecule has 5 nitrogen and oxygen atoms in total. The Labute approximate surface area is 118 Å². The van der Waals surface area contributed by atoms with Gasteiger partial charge in [-0.3, -0.25) is 0 Å². The largest absolute Gasteiger partial charge is 0.478 e. The number of carboxylic acids is 1. The van der Waals surface area contributed by atoms with E-state index >= 15 is 0 Å². The normalized spacial score (nSPS) is 9.90. The van der Waals surface area contributed by atoms with Crippen LogP contribution in [0, 0.1) is 0 Å². The van der Waals surface area contributed by atoms with Gasteiger partial charge in [0, 0.05) is 19.6 Å². The van der Waals surface area contributed by atoms with Crippen molar-refractivity contribution in [1.82, 2.24) is 10.2 Å². The number of hydrogen-bond donors (Lipinski definition) is 2. The fourth-order valence-electron chi connectivity index (χ4n) is 1.76. The predicted octanol–water partition coefficient (Wildman–Crippen LogP) is 2.49. The lowest BCUT2D eigenvalue weighted by molar-refractivity contribution is 0.0696. The van der Waals surface area contributed by atoms with Crippen molar-refractivity contribution in [2.75, 3.05) is 13.1 Å². The number of rotatable bonds is 6. The van der Waals surface area contributed by atoms with Gasteiger partial charge in [0.2, 0.25) is 0 Å². The Bertz CT molecular complexity index is 512. The number of aromatic carboxylic acids is 1. The monoisotopic (exact) mass is 276 g/mol. The maximum Gasteiger partial charge on any atom is 0.335 e. The van der Waals surface area contributed by atoms with Gasteiger partial charge in [0.15, 0.2) is 0 Å². The molecule has 108 valence electrons. The molecule has 1 aromatic rings. The van der Waals surface area contributed by atoms with Gasteiger partial charge >= 0.3 is 12.0 Å². The Kier molecular flexibility index (Phi) is 5.77. The molecule has 0 unspecified atom stereocenters. The molecule has 0 spiro atoms. The van der Waals surface area contributed by atoms with Gasteiger partial charge in [0.25, 0.3) is 0 Å². The number of benzene rings is 1. The summed E-state index contributed by atoms with van der Waals surface area (Å²) in [4.78, 5) is 24.5. The van der Waals surface area contributed by atoms with Gasteiger partial charge in [-0.25, -0.2) is 9.59 Å². The maximum absolute atomic E-state index is 12.0. The molecule has 2 amide bonds. The van der Waals surface area contributed by atoms with E-state index < -0.39 is 5.97 Å². The highest BCUT2D eigenvalue weighted by Gasteiger charge is 2.11. The number of amides is 2. The van der Waals surface area contributed by atoms with Crippen LogP contribution in [0.5, 0.6) is 0 Å². The molecule has 2 N–H and O–H groups in total. The van der Waals surface area contributed by atoms with Gasteiger partial charge < -0.3 is 15.3 Å². The van der Waals surface area contributed by atoms with E-state index in [1.165, 1.54) is 6.07 Å². The van der Waals surface area contributed by atoms with Crippen molar-refractivity contribution in [3.05, 3.63) is 47.5 Å². The van der Waals surface area contributed by atoms with Crippen LogP contribution in [0.15, 0.2) is 36.4 Å². The first-order valence-electron chi connectivity index (χ1n) is 6.43. The molecule has 0 saturated carbocycles. The first-order chi connectivity index (χ1) is 9.43. The van der Waals surface area contributed by atoms with Crippen LogP contribution in [-0.2, 0) is 6.54 Å². The van der Waals surface area contributed by atoms with Crippen molar-refractivity contribution < 1.29 is 14.7 Å². The highest BCUT2D eigenvalue weighted by Crippen LogP contribution is 2.05. The quantitative estimate of drug-likeness (QED) is 0.784. The van der Waals surface area contributed by atoms with Crippen molar-refractivity contribution in [2.24, 2.45) is 0 Å². The minimum absolute atomic E-state index is 0.184. The van der Waals surface area contributed by atoms with Gasteiger partial charge in [-0.1, -0.05) is 24.3 Å². The van der Waals surface area contributed by atoms with Crippen LogP contribution in [0.25, 0.3) is 0 Å². The molecule has 5 heteroatoms. The van der Waals surface area contributed by atoms with E-state index in [1.54, 1.807) is 23.1 Å². The Morgan fingerprint density at radius 2 is 2.10 bits per heavy atom. The van der Waals surface area contributed by atoms with Crippen molar-refractivity contribution in [3.63, 3.8) is 0 Å². The van der Waals surface area contributed by atoms with Crippen LogP contribution in [0.2, 0.25) is 0 Å². The number of urea groups is 1. The molecule has 1 rings (SSSR count). The third kappa shape index (κ3) is 4.76. The topological polar surface area (TPSA) is 69.6 Å². The zero-order valence-corrected chi connectivity index (χ0v) is 11.8. The van der Waals surface area contributed by atoms with Gasteiger partial charge in [-0.15, -0.1) is 0 Å². The zero-order chi connectivity index (χ0) is 15.1. The SMILES string of the molecule is C=C(C)CN(CC)C(=O)NCc1cccc(C(=O)O)c1. The fourth-order valence-corrected chi connectivity index (χ4v) is 1.76. The van der Waals surface area contributed by atoms with E-state index in [1.807, 2.05) is 13.8 Å². The van der Waals surface area contributed by atoms with Crippen LogP contribution in [0.4, 0.5) is 4.79 Å². The summed E-state index contributed by atoms with van der Waals surface area (Å²) in [5.74, 6) is -0.976. The van der Waals surface area contributed by atoms with Gasteiger partial charge in [-0.05, 0) is 31.5 Å². The van der Waals surface area contributed by atoms with Crippen molar-refractivity contribution in [2.45, 2.75) is 20.4 Å². The molecule has 20 heavy (non-hydrogen) atoms. The van der Waals surface area contributed by atoms with Crippen LogP contribution in [0.1, 0.15) is 29.8 Å². The number of hydrogen-bond acceptors (Lipinski definition) is 2. The highest BCUT2D eigenvalue weighted by molar-refractivity contribution is 5.87. The third-order valence-electron chi connectivity index (χ3n) is 2.75. The lowest BCUT2D eigenvalue weighted by Crippen LogP contribution is -2.40. The summed E-state index contributed by atoms with van der Waals surface area (Å²) in [6.45, 7) is 8.95. The van der Waals surface area contributed by atoms with E-state index in [4.69, 9.17) is 5.11 Å². The molecule has 0 bridgehead atoms. The van der Waals surface area contributed by atoms with Gasteiger partial charge in [0.05, 0.1) is 5.56 Å². The minimum atomic E-state index is -0.976. The second kappa shape index (κ2) is 7.33. The summed E-state index contributed by atoms with van der Waals surface area (Å²) >= 11 is 0. The molecule has 0 aliphatic carbocycles. The average molecular weight is 276 g/mol. The summed E-state index contributed by atoms with van der Waals surface area (Å²) in [5.41, 5.74) is 1.88. The second-order valence-corrected chi connectivity index (χ2v) is 4.64. The standard InChI is InChI=1S/C15H20N2O3/c1-4-17(10-11(2)3)15(20)16-9-12-6-5-7-13(8-12)14(18)19/h5-8H,2,4,9-10H2,1,3H3,(H,16,20)(H,18,19). The number of carboxylic acid groups (broad SMARTS) is 1. The fraction of sp³-hybridized carbons (Fsp3) is 0.333. The zero-order valence-electron chi connectivity index (χ0n) is 11.8. The molecular weight excluding hydrogens is 256 g/mol. The third-order valence-corrected chi connectivity index (χ3v) is 2.75. The Balaban J connectivity index is 2.62. The Morgan fingerprint density at radius 1 is 1.40 bits per heavy atom. The molecule has 0 aliphatic rings. The molecule has 0 heterocycles. The number of nitrogens with one attached hydrogen (secondary N) is 1. The van der Waals surface area contributed by atoms with E-state index in [0.717, 1.165) is 11.1 Å². The number of carbonyl (C=O) groups is 2. The first kappa shape index (κ1) is 15.8. The van der Waals surface area contributed by atoms with Crippen LogP contribution in [-0.4, -0.2) is 35.1 Å². The van der Waals surface area contributed by atoms with Gasteiger partial charge in [-0.2, -0.15) is 0 Å². The molecule has 0 fully saturated rings. The molecular formula is C15H20N2O3. The lowest BCUT2D eigenvalue weighted by atomic mass is 10.1. The van der Waals surface area contributed by atoms with Crippen molar-refractivity contribution >= 4 is 12.0 Å². The average Bonchev–Trinajstić information content (AvgIpc) is 2.42. The molecule has 0 saturated heterocycles. The first-order valence-corrected chi connectivity index (χ1v) is 6.43. The minimum Gasteiger partial charge on any atom is -0.478 e. The van der Waals surface area contributed by atoms with Crippen molar-refractivity contribution in [1.29, 1.82) is 0 Å². The molecule has 0 radical (unpaired) electrons. The number of carbonyl (C=O) groups excluding carboxylic acids is 1. The summed E-state index contributed by atoms with van der Waals surface area (Å²) in [7, 11) is 0. The second-order valence-electron chi connectivity index (χ2n) is 4.64. The predicted molar refractivity (Wildman–Crippen MR) is 77.7 cm³/mol. The van der Waals surface area contributed by atoms with Crippen LogP contribution < -0.4 is 5.32 Å². The number of nitrogens with zero attached hydrogens (tertiary/aromatic N) is 1. The van der Waals surface area contributed by atoms with E-state index in [9.17, 15) is 9.59 Å². The smallest absolute Gasteiger partial charge is 0.335 e. The summed E-state index contributed by atoms with van der Waals surface area (Å²) in [5, 5.41) is 11.7. The van der Waals surface area contributed by atoms with E-state index in [0.29, 0.717) is 19.6 Å².